The summed E-state index contributed by atoms with van der Waals surface area (Å²) < 4.78 is 23.4. The van der Waals surface area contributed by atoms with E-state index >= 15 is 0 Å². The Bertz CT molecular complexity index is 770. The number of carbonyl (C=O) groups excluding carboxylic acids is 1. The monoisotopic (exact) mass is 377 g/mol. The molecule has 3 aliphatic heterocycles. The molecule has 3 fully saturated rings. The number of amides is 1. The Morgan fingerprint density at radius 2 is 1.58 bits per heavy atom. The van der Waals surface area contributed by atoms with Gasteiger partial charge in [-0.2, -0.15) is 0 Å². The summed E-state index contributed by atoms with van der Waals surface area (Å²) >= 11 is 0. The van der Waals surface area contributed by atoms with Crippen LogP contribution in [-0.2, 0) is 14.6 Å². The van der Waals surface area contributed by atoms with E-state index < -0.39 is 9.84 Å². The van der Waals surface area contributed by atoms with E-state index in [2.05, 4.69) is 9.80 Å². The summed E-state index contributed by atoms with van der Waals surface area (Å²) in [4.78, 5) is 19.4. The van der Waals surface area contributed by atoms with E-state index in [0.717, 1.165) is 51.3 Å². The predicted molar refractivity (Wildman–Crippen MR) is 102 cm³/mol. The molecule has 0 spiro atoms. The molecule has 0 N–H and O–H groups in total. The number of anilines is 1. The summed E-state index contributed by atoms with van der Waals surface area (Å²) in [6.45, 7) is 6.22. The van der Waals surface area contributed by atoms with Crippen LogP contribution in [0.4, 0.5) is 5.69 Å². The van der Waals surface area contributed by atoms with Gasteiger partial charge in [0.25, 0.3) is 0 Å². The van der Waals surface area contributed by atoms with E-state index in [-0.39, 0.29) is 18.0 Å². The maximum atomic E-state index is 12.9. The molecule has 7 heteroatoms. The highest BCUT2D eigenvalue weighted by molar-refractivity contribution is 7.91. The Labute approximate surface area is 155 Å². The van der Waals surface area contributed by atoms with Crippen LogP contribution in [0.2, 0.25) is 0 Å². The molecule has 1 amide bonds. The summed E-state index contributed by atoms with van der Waals surface area (Å²) in [7, 11) is -2.84. The molecule has 142 valence electrons. The lowest BCUT2D eigenvalue weighted by atomic mass is 10.1. The molecule has 3 saturated heterocycles. The van der Waals surface area contributed by atoms with Crippen LogP contribution in [0.15, 0.2) is 24.3 Å². The van der Waals surface area contributed by atoms with Gasteiger partial charge in [0.15, 0.2) is 9.84 Å². The molecule has 26 heavy (non-hydrogen) atoms. The summed E-state index contributed by atoms with van der Waals surface area (Å²) in [5.74, 6) is 0.826. The summed E-state index contributed by atoms with van der Waals surface area (Å²) in [6, 6.07) is 8.27. The Morgan fingerprint density at radius 3 is 2.19 bits per heavy atom. The quantitative estimate of drug-likeness (QED) is 0.783. The Hall–Kier alpha value is -1.44. The first-order valence-electron chi connectivity index (χ1n) is 9.49. The van der Waals surface area contributed by atoms with Crippen LogP contribution in [0, 0.1) is 6.92 Å². The van der Waals surface area contributed by atoms with Crippen molar-refractivity contribution >= 4 is 21.4 Å². The molecule has 0 aliphatic carbocycles. The third-order valence-corrected chi connectivity index (χ3v) is 7.79. The second kappa shape index (κ2) is 6.94. The fourth-order valence-electron chi connectivity index (χ4n) is 4.46. The molecule has 1 aromatic carbocycles. The minimum atomic E-state index is -2.84. The van der Waals surface area contributed by atoms with Gasteiger partial charge in [0.2, 0.25) is 5.91 Å². The fraction of sp³-hybridized carbons (Fsp3) is 0.632. The lowest BCUT2D eigenvalue weighted by molar-refractivity contribution is -0.122. The smallest absolute Gasteiger partial charge is 0.244 e. The Balaban J connectivity index is 1.35. The second-order valence-corrected chi connectivity index (χ2v) is 9.99. The number of nitrogens with zero attached hydrogens (tertiary/aromatic N) is 3. The zero-order valence-corrected chi connectivity index (χ0v) is 16.1. The van der Waals surface area contributed by atoms with Crippen molar-refractivity contribution in [3.05, 3.63) is 29.8 Å². The molecule has 0 bridgehead atoms. The average molecular weight is 378 g/mol. The van der Waals surface area contributed by atoms with Crippen LogP contribution in [0.1, 0.15) is 18.4 Å². The van der Waals surface area contributed by atoms with Gasteiger partial charge >= 0.3 is 0 Å². The maximum Gasteiger partial charge on any atom is 0.244 e. The molecule has 2 unspecified atom stereocenters. The average Bonchev–Trinajstić information content (AvgIpc) is 3.18. The predicted octanol–water partition coefficient (Wildman–Crippen LogP) is 0.905. The Morgan fingerprint density at radius 1 is 0.923 bits per heavy atom. The van der Waals surface area contributed by atoms with Crippen molar-refractivity contribution in [3.63, 3.8) is 0 Å². The number of benzene rings is 1. The van der Waals surface area contributed by atoms with Crippen molar-refractivity contribution in [1.29, 1.82) is 0 Å². The SMILES string of the molecule is Cc1ccc(N2CCC(N3CCN(C4CCS(=O)(=O)C4)CC3)C2=O)cc1. The third kappa shape index (κ3) is 3.52. The van der Waals surface area contributed by atoms with Gasteiger partial charge in [-0.25, -0.2) is 8.42 Å². The molecule has 1 aromatic rings. The lowest BCUT2D eigenvalue weighted by Gasteiger charge is -2.39. The zero-order chi connectivity index (χ0) is 18.3. The first-order chi connectivity index (χ1) is 12.4. The molecule has 0 saturated carbocycles. The number of hydrogen-bond donors (Lipinski definition) is 0. The van der Waals surface area contributed by atoms with Gasteiger partial charge in [-0.3, -0.25) is 14.6 Å². The van der Waals surface area contributed by atoms with E-state index in [9.17, 15) is 13.2 Å². The zero-order valence-electron chi connectivity index (χ0n) is 15.3. The Kier molecular flexibility index (Phi) is 4.79. The normalized spacial score (nSPS) is 30.2. The molecule has 0 aromatic heterocycles. The number of rotatable bonds is 3. The van der Waals surface area contributed by atoms with Crippen LogP contribution in [0.5, 0.6) is 0 Å². The van der Waals surface area contributed by atoms with Gasteiger partial charge in [0, 0.05) is 44.5 Å². The van der Waals surface area contributed by atoms with E-state index in [4.69, 9.17) is 0 Å². The third-order valence-electron chi connectivity index (χ3n) is 6.04. The summed E-state index contributed by atoms with van der Waals surface area (Å²) in [5.41, 5.74) is 2.18. The summed E-state index contributed by atoms with van der Waals surface area (Å²) in [6.07, 6.45) is 1.62. The number of piperazine rings is 1. The molecule has 4 rings (SSSR count). The highest BCUT2D eigenvalue weighted by Gasteiger charge is 2.39. The van der Waals surface area contributed by atoms with Gasteiger partial charge in [0.05, 0.1) is 17.5 Å². The van der Waals surface area contributed by atoms with Gasteiger partial charge in [-0.05, 0) is 31.9 Å². The van der Waals surface area contributed by atoms with Crippen molar-refractivity contribution < 1.29 is 13.2 Å². The fourth-order valence-corrected chi connectivity index (χ4v) is 6.22. The van der Waals surface area contributed by atoms with Crippen LogP contribution in [-0.4, -0.2) is 80.4 Å². The first kappa shape index (κ1) is 17.9. The molecule has 3 heterocycles. The number of sulfone groups is 1. The van der Waals surface area contributed by atoms with Crippen LogP contribution in [0.25, 0.3) is 0 Å². The van der Waals surface area contributed by atoms with Crippen LogP contribution >= 0.6 is 0 Å². The van der Waals surface area contributed by atoms with E-state index in [1.165, 1.54) is 5.56 Å². The van der Waals surface area contributed by atoms with E-state index in [1.807, 2.05) is 36.1 Å². The van der Waals surface area contributed by atoms with Crippen molar-refractivity contribution in [3.8, 4) is 0 Å². The summed E-state index contributed by atoms with van der Waals surface area (Å²) in [5, 5.41) is 0. The molecule has 3 aliphatic rings. The van der Waals surface area contributed by atoms with Crippen molar-refractivity contribution in [2.24, 2.45) is 0 Å². The molecule has 2 atom stereocenters. The number of aryl methyl sites for hydroxylation is 1. The van der Waals surface area contributed by atoms with Gasteiger partial charge in [0.1, 0.15) is 0 Å². The highest BCUT2D eigenvalue weighted by atomic mass is 32.2. The van der Waals surface area contributed by atoms with Gasteiger partial charge in [-0.15, -0.1) is 0 Å². The van der Waals surface area contributed by atoms with E-state index in [0.29, 0.717) is 11.5 Å². The minimum absolute atomic E-state index is 0.0363. The van der Waals surface area contributed by atoms with Gasteiger partial charge in [-0.1, -0.05) is 17.7 Å². The maximum absolute atomic E-state index is 12.9. The van der Waals surface area contributed by atoms with Crippen LogP contribution < -0.4 is 4.90 Å². The van der Waals surface area contributed by atoms with Gasteiger partial charge < -0.3 is 4.90 Å². The van der Waals surface area contributed by atoms with Crippen molar-refractivity contribution in [2.45, 2.75) is 31.8 Å². The number of hydrogen-bond acceptors (Lipinski definition) is 5. The van der Waals surface area contributed by atoms with E-state index in [1.54, 1.807) is 0 Å². The second-order valence-electron chi connectivity index (χ2n) is 7.76. The highest BCUT2D eigenvalue weighted by Crippen LogP contribution is 2.26. The van der Waals surface area contributed by atoms with Crippen molar-refractivity contribution in [1.82, 2.24) is 9.80 Å². The van der Waals surface area contributed by atoms with Crippen LogP contribution in [0.3, 0.4) is 0 Å². The number of carbonyl (C=O) groups is 1. The topological polar surface area (TPSA) is 60.9 Å². The molecule has 6 nitrogen and oxygen atoms in total. The largest absolute Gasteiger partial charge is 0.311 e. The lowest BCUT2D eigenvalue weighted by Crippen LogP contribution is -2.55. The first-order valence-corrected chi connectivity index (χ1v) is 11.3. The molecule has 0 radical (unpaired) electrons. The molecular weight excluding hydrogens is 350 g/mol. The standard InChI is InChI=1S/C19H27N3O3S/c1-15-2-4-16(5-3-15)22-8-6-18(19(22)23)21-11-9-20(10-12-21)17-7-13-26(24,25)14-17/h2-5,17-18H,6-14H2,1H3. The van der Waals surface area contributed by atoms with Crippen molar-refractivity contribution in [2.75, 3.05) is 49.1 Å². The molecular formula is C19H27N3O3S. The minimum Gasteiger partial charge on any atom is -0.311 e.